The average Bonchev–Trinajstić information content (AvgIpc) is 2.53. The minimum Gasteiger partial charge on any atom is -0.382 e. The molecule has 3 heteroatoms. The molecule has 3 rings (SSSR count). The van der Waals surface area contributed by atoms with Gasteiger partial charge in [-0.25, -0.2) is 0 Å². The number of nitrogens with one attached hydrogen (secondary N) is 1. The molecular formula is C20H28ClNS. The number of hydrogen-bond donors (Lipinski definition) is 1. The molecular weight excluding hydrogens is 322 g/mol. The maximum absolute atomic E-state index is 6.41. The zero-order chi connectivity index (χ0) is 16.7. The first kappa shape index (κ1) is 17.2. The Hall–Kier alpha value is -0.600. The molecule has 0 heterocycles. The molecule has 0 amide bonds. The van der Waals surface area contributed by atoms with Gasteiger partial charge >= 0.3 is 0 Å². The molecule has 2 aliphatic carbocycles. The van der Waals surface area contributed by atoms with Crippen LogP contribution in [0.5, 0.6) is 0 Å². The van der Waals surface area contributed by atoms with Gasteiger partial charge in [0.15, 0.2) is 0 Å². The van der Waals surface area contributed by atoms with Crippen LogP contribution in [0, 0.1) is 16.7 Å². The van der Waals surface area contributed by atoms with Gasteiger partial charge in [0.1, 0.15) is 0 Å². The van der Waals surface area contributed by atoms with E-state index < -0.39 is 0 Å². The van der Waals surface area contributed by atoms with Crippen LogP contribution in [0.3, 0.4) is 0 Å². The Morgan fingerprint density at radius 1 is 1.17 bits per heavy atom. The molecule has 2 aliphatic rings. The van der Waals surface area contributed by atoms with Gasteiger partial charge < -0.3 is 5.32 Å². The summed E-state index contributed by atoms with van der Waals surface area (Å²) in [5.41, 5.74) is 2.02. The van der Waals surface area contributed by atoms with Crippen molar-refractivity contribution in [2.24, 2.45) is 16.7 Å². The van der Waals surface area contributed by atoms with Crippen LogP contribution in [0.4, 0.5) is 0 Å². The Bertz CT molecular complexity index is 589. The molecule has 0 saturated heterocycles. The summed E-state index contributed by atoms with van der Waals surface area (Å²) in [5.74, 6) is 1.46. The van der Waals surface area contributed by atoms with Crippen molar-refractivity contribution >= 4 is 28.8 Å². The van der Waals surface area contributed by atoms with E-state index in [0.717, 1.165) is 17.3 Å². The normalized spacial score (nSPS) is 39.7. The van der Waals surface area contributed by atoms with Crippen molar-refractivity contribution in [3.8, 4) is 0 Å². The topological polar surface area (TPSA) is 12.0 Å². The minimum absolute atomic E-state index is 0.0937. The van der Waals surface area contributed by atoms with E-state index in [4.69, 9.17) is 23.8 Å². The molecule has 23 heavy (non-hydrogen) atoms. The fraction of sp³-hybridized carbons (Fsp3) is 0.650. The fourth-order valence-corrected chi connectivity index (χ4v) is 6.07. The number of thiocarbonyl (C=S) groups is 1. The highest BCUT2D eigenvalue weighted by atomic mass is 35.5. The van der Waals surface area contributed by atoms with E-state index in [0.29, 0.717) is 5.92 Å². The molecule has 4 atom stereocenters. The van der Waals surface area contributed by atoms with E-state index in [1.807, 2.05) is 7.05 Å². The molecule has 0 radical (unpaired) electrons. The Morgan fingerprint density at radius 2 is 1.87 bits per heavy atom. The standard InChI is InChI=1S/C20H28ClNS/c1-18(14-21)9-15-10-19(2,17(23)22-3)13-20(11-15,12-18)16-7-5-4-6-8-16/h4-8,15H,9-14H2,1-3H3,(H,22,23). The molecule has 0 aliphatic heterocycles. The molecule has 1 nitrogen and oxygen atoms in total. The van der Waals surface area contributed by atoms with Crippen LogP contribution < -0.4 is 5.32 Å². The third kappa shape index (κ3) is 3.05. The van der Waals surface area contributed by atoms with E-state index in [2.05, 4.69) is 49.5 Å². The van der Waals surface area contributed by atoms with Crippen molar-refractivity contribution in [2.75, 3.05) is 12.9 Å². The van der Waals surface area contributed by atoms with E-state index in [-0.39, 0.29) is 16.2 Å². The molecule has 1 aromatic rings. The fourth-order valence-electron chi connectivity index (χ4n) is 5.71. The first-order chi connectivity index (χ1) is 10.8. The molecule has 2 saturated carbocycles. The molecule has 0 aromatic heterocycles. The largest absolute Gasteiger partial charge is 0.382 e. The van der Waals surface area contributed by atoms with Gasteiger partial charge in [-0.2, -0.15) is 0 Å². The Balaban J connectivity index is 2.05. The lowest BCUT2D eigenvalue weighted by atomic mass is 9.47. The highest BCUT2D eigenvalue weighted by Crippen LogP contribution is 2.61. The molecule has 1 N–H and O–H groups in total. The first-order valence-corrected chi connectivity index (χ1v) is 9.63. The summed E-state index contributed by atoms with van der Waals surface area (Å²) in [7, 11) is 1.97. The van der Waals surface area contributed by atoms with Gasteiger partial charge in [-0.3, -0.25) is 0 Å². The van der Waals surface area contributed by atoms with E-state index in [1.54, 1.807) is 0 Å². The molecule has 2 fully saturated rings. The van der Waals surface area contributed by atoms with Gasteiger partial charge in [-0.1, -0.05) is 56.4 Å². The zero-order valence-electron chi connectivity index (χ0n) is 14.5. The number of rotatable bonds is 3. The van der Waals surface area contributed by atoms with Gasteiger partial charge in [0.25, 0.3) is 0 Å². The second-order valence-corrected chi connectivity index (χ2v) is 9.24. The lowest BCUT2D eigenvalue weighted by molar-refractivity contribution is 0.0145. The Kier molecular flexibility index (Phi) is 4.52. The average molecular weight is 350 g/mol. The SMILES string of the molecule is CNC(=S)C1(C)CC2CC(C)(CCl)CC(c3ccccc3)(C2)C1. The summed E-state index contributed by atoms with van der Waals surface area (Å²) >= 11 is 12.1. The van der Waals surface area contributed by atoms with Crippen molar-refractivity contribution in [1.82, 2.24) is 5.32 Å². The molecule has 0 spiro atoms. The molecule has 2 bridgehead atoms. The van der Waals surface area contributed by atoms with Crippen molar-refractivity contribution in [1.29, 1.82) is 0 Å². The van der Waals surface area contributed by atoms with E-state index >= 15 is 0 Å². The maximum Gasteiger partial charge on any atom is 0.0811 e. The van der Waals surface area contributed by atoms with Crippen molar-refractivity contribution in [2.45, 2.75) is 51.4 Å². The minimum atomic E-state index is 0.0937. The lowest BCUT2D eigenvalue weighted by Gasteiger charge is -2.58. The third-order valence-electron chi connectivity index (χ3n) is 6.18. The van der Waals surface area contributed by atoms with Gasteiger partial charge in [0.2, 0.25) is 0 Å². The summed E-state index contributed by atoms with van der Waals surface area (Å²) in [4.78, 5) is 1.02. The lowest BCUT2D eigenvalue weighted by Crippen LogP contribution is -2.53. The second-order valence-electron chi connectivity index (χ2n) is 8.56. The van der Waals surface area contributed by atoms with Crippen LogP contribution in [0.25, 0.3) is 0 Å². The van der Waals surface area contributed by atoms with E-state index in [9.17, 15) is 0 Å². The molecule has 126 valence electrons. The number of benzene rings is 1. The second kappa shape index (κ2) is 6.04. The van der Waals surface area contributed by atoms with Crippen LogP contribution in [0.15, 0.2) is 30.3 Å². The number of hydrogen-bond acceptors (Lipinski definition) is 1. The molecule has 1 aromatic carbocycles. The summed E-state index contributed by atoms with van der Waals surface area (Å²) < 4.78 is 0. The summed E-state index contributed by atoms with van der Waals surface area (Å²) in [5, 5.41) is 3.27. The van der Waals surface area contributed by atoms with Crippen LogP contribution >= 0.6 is 23.8 Å². The van der Waals surface area contributed by atoms with Gasteiger partial charge in [0, 0.05) is 18.3 Å². The number of fused-ring (bicyclic) bond motifs is 2. The van der Waals surface area contributed by atoms with Gasteiger partial charge in [0.05, 0.1) is 4.99 Å². The van der Waals surface area contributed by atoms with E-state index in [1.165, 1.54) is 31.2 Å². The maximum atomic E-state index is 6.41. The Morgan fingerprint density at radius 3 is 2.48 bits per heavy atom. The number of alkyl halides is 1. The van der Waals surface area contributed by atoms with Crippen molar-refractivity contribution in [3.05, 3.63) is 35.9 Å². The summed E-state index contributed by atoms with van der Waals surface area (Å²) in [6.07, 6.45) is 6.00. The van der Waals surface area contributed by atoms with Gasteiger partial charge in [-0.15, -0.1) is 11.6 Å². The quantitative estimate of drug-likeness (QED) is 0.585. The van der Waals surface area contributed by atoms with Crippen LogP contribution in [-0.2, 0) is 5.41 Å². The van der Waals surface area contributed by atoms with Crippen LogP contribution in [0.1, 0.15) is 51.5 Å². The first-order valence-electron chi connectivity index (χ1n) is 8.69. The van der Waals surface area contributed by atoms with Crippen molar-refractivity contribution in [3.63, 3.8) is 0 Å². The predicted molar refractivity (Wildman–Crippen MR) is 103 cm³/mol. The monoisotopic (exact) mass is 349 g/mol. The Labute approximate surface area is 151 Å². The van der Waals surface area contributed by atoms with Crippen LogP contribution in [-0.4, -0.2) is 17.9 Å². The highest BCUT2D eigenvalue weighted by Gasteiger charge is 2.55. The predicted octanol–water partition coefficient (Wildman–Crippen LogP) is 5.32. The molecule has 4 unspecified atom stereocenters. The summed E-state index contributed by atoms with van der Waals surface area (Å²) in [6.45, 7) is 4.74. The summed E-state index contributed by atoms with van der Waals surface area (Å²) in [6, 6.07) is 11.1. The van der Waals surface area contributed by atoms with Crippen molar-refractivity contribution < 1.29 is 0 Å². The van der Waals surface area contributed by atoms with Gasteiger partial charge in [-0.05, 0) is 54.4 Å². The van der Waals surface area contributed by atoms with Crippen LogP contribution in [0.2, 0.25) is 0 Å². The number of halogens is 1. The third-order valence-corrected chi connectivity index (χ3v) is 7.52. The smallest absolute Gasteiger partial charge is 0.0811 e. The highest BCUT2D eigenvalue weighted by molar-refractivity contribution is 7.80. The zero-order valence-corrected chi connectivity index (χ0v) is 16.1.